The number of carbonyl (C=O) groups excluding carboxylic acids is 2. The van der Waals surface area contributed by atoms with E-state index in [9.17, 15) is 9.59 Å². The summed E-state index contributed by atoms with van der Waals surface area (Å²) in [7, 11) is 0. The number of aromatic nitrogens is 1. The van der Waals surface area contributed by atoms with Gasteiger partial charge in [-0.05, 0) is 58.9 Å². The first-order valence-corrected chi connectivity index (χ1v) is 8.51. The van der Waals surface area contributed by atoms with Crippen molar-refractivity contribution < 1.29 is 14.9 Å². The Hall–Kier alpha value is -1.42. The number of carbonyl (C=O) groups is 2. The molecule has 1 saturated carbocycles. The number of nitrogens with one attached hydrogen (secondary N) is 1. The van der Waals surface area contributed by atoms with Crippen molar-refractivity contribution in [3.63, 3.8) is 0 Å². The number of rotatable bonds is 5. The molecule has 1 aliphatic carbocycles. The Morgan fingerprint density at radius 1 is 1.14 bits per heavy atom. The number of quaternary nitrogens is 1. The lowest BCUT2D eigenvalue weighted by atomic mass is 10.0. The van der Waals surface area contributed by atoms with Gasteiger partial charge in [0.2, 0.25) is 5.78 Å². The predicted molar refractivity (Wildman–Crippen MR) is 87.5 cm³/mol. The van der Waals surface area contributed by atoms with E-state index in [1.165, 1.54) is 38.5 Å². The van der Waals surface area contributed by atoms with Gasteiger partial charge in [0.15, 0.2) is 5.78 Å². The van der Waals surface area contributed by atoms with Gasteiger partial charge < -0.3 is 10.3 Å². The summed E-state index contributed by atoms with van der Waals surface area (Å²) >= 11 is 0. The van der Waals surface area contributed by atoms with Crippen LogP contribution in [0.1, 0.15) is 84.5 Å². The Labute approximate surface area is 133 Å². The average Bonchev–Trinajstić information content (AvgIpc) is 2.64. The maximum Gasteiger partial charge on any atom is 0.235 e. The lowest BCUT2D eigenvalue weighted by molar-refractivity contribution is -0.706. The molecule has 3 N–H and O–H groups in total. The van der Waals surface area contributed by atoms with Gasteiger partial charge in [-0.2, -0.15) is 0 Å². The maximum absolute atomic E-state index is 12.7. The number of Topliss-reactive ketones (excluding diaryl/α,β-unsaturated/α-hetero) is 2. The van der Waals surface area contributed by atoms with Crippen LogP contribution in [0.15, 0.2) is 0 Å². The minimum absolute atomic E-state index is 0.0192. The molecule has 0 aromatic carbocycles. The van der Waals surface area contributed by atoms with E-state index in [-0.39, 0.29) is 17.6 Å². The number of hydrogen-bond donors (Lipinski definition) is 2. The summed E-state index contributed by atoms with van der Waals surface area (Å²) in [6.45, 7) is 7.26. The third-order valence-electron chi connectivity index (χ3n) is 4.91. The van der Waals surface area contributed by atoms with E-state index in [0.29, 0.717) is 17.3 Å². The summed E-state index contributed by atoms with van der Waals surface area (Å²) in [4.78, 5) is 27.6. The van der Waals surface area contributed by atoms with Gasteiger partial charge in [-0.25, -0.2) is 0 Å². The number of hydrogen-bond acceptors (Lipinski definition) is 2. The van der Waals surface area contributed by atoms with Gasteiger partial charge in [0.05, 0.1) is 11.7 Å². The van der Waals surface area contributed by atoms with Crippen molar-refractivity contribution in [3.05, 3.63) is 22.5 Å². The minimum atomic E-state index is -0.0975. The van der Waals surface area contributed by atoms with Crippen molar-refractivity contribution in [1.29, 1.82) is 0 Å². The number of ketones is 2. The third kappa shape index (κ3) is 3.67. The molecule has 0 unspecified atom stereocenters. The van der Waals surface area contributed by atoms with Gasteiger partial charge in [0.1, 0.15) is 6.04 Å². The van der Waals surface area contributed by atoms with Crippen LogP contribution in [-0.4, -0.2) is 28.6 Å². The van der Waals surface area contributed by atoms with Crippen LogP contribution < -0.4 is 5.32 Å². The number of nitrogens with two attached hydrogens (primary N) is 1. The van der Waals surface area contributed by atoms with Crippen LogP contribution in [0.4, 0.5) is 0 Å². The zero-order chi connectivity index (χ0) is 16.3. The molecule has 1 aromatic heterocycles. The molecular formula is C18H29N2O2+. The van der Waals surface area contributed by atoms with Crippen LogP contribution >= 0.6 is 0 Å². The smallest absolute Gasteiger partial charge is 0.235 e. The molecule has 1 atom stereocenters. The average molecular weight is 305 g/mol. The lowest BCUT2D eigenvalue weighted by Crippen LogP contribution is -2.95. The first-order valence-electron chi connectivity index (χ1n) is 8.51. The highest BCUT2D eigenvalue weighted by atomic mass is 16.1. The summed E-state index contributed by atoms with van der Waals surface area (Å²) in [6, 6.07) is 0.463. The second kappa shape index (κ2) is 7.23. The largest absolute Gasteiger partial charge is 0.355 e. The molecule has 1 heterocycles. The van der Waals surface area contributed by atoms with Crippen LogP contribution in [0.2, 0.25) is 0 Å². The van der Waals surface area contributed by atoms with Crippen LogP contribution in [0.25, 0.3) is 0 Å². The van der Waals surface area contributed by atoms with E-state index >= 15 is 0 Å². The van der Waals surface area contributed by atoms with E-state index in [4.69, 9.17) is 0 Å². The van der Waals surface area contributed by atoms with Crippen molar-refractivity contribution >= 4 is 11.6 Å². The van der Waals surface area contributed by atoms with Crippen molar-refractivity contribution in [2.45, 2.75) is 78.3 Å². The highest BCUT2D eigenvalue weighted by Gasteiger charge is 2.28. The van der Waals surface area contributed by atoms with Gasteiger partial charge in [0.25, 0.3) is 0 Å². The minimum Gasteiger partial charge on any atom is -0.355 e. The molecule has 0 amide bonds. The maximum atomic E-state index is 12.7. The predicted octanol–water partition coefficient (Wildman–Crippen LogP) is 2.69. The van der Waals surface area contributed by atoms with E-state index in [1.807, 2.05) is 20.8 Å². The second-order valence-corrected chi connectivity index (χ2v) is 6.78. The molecule has 122 valence electrons. The summed E-state index contributed by atoms with van der Waals surface area (Å²) in [5.74, 6) is 0.128. The van der Waals surface area contributed by atoms with Crippen LogP contribution in [0.3, 0.4) is 0 Å². The zero-order valence-corrected chi connectivity index (χ0v) is 14.3. The molecule has 1 fully saturated rings. The summed E-state index contributed by atoms with van der Waals surface area (Å²) in [5.41, 5.74) is 2.89. The lowest BCUT2D eigenvalue weighted by Gasteiger charge is -2.17. The van der Waals surface area contributed by atoms with E-state index in [2.05, 4.69) is 10.3 Å². The highest BCUT2D eigenvalue weighted by molar-refractivity contribution is 6.04. The van der Waals surface area contributed by atoms with Gasteiger partial charge in [-0.1, -0.05) is 12.8 Å². The summed E-state index contributed by atoms with van der Waals surface area (Å²) in [6.07, 6.45) is 7.61. The number of aromatic amines is 1. The standard InChI is InChI=1S/C18H28N2O2/c1-11-16(14(4)21)12(2)20-17(11)18(22)13(3)19-15-9-7-5-6-8-10-15/h13,15,19-20H,5-10H2,1-4H3/p+1/t13-/m1/s1. The van der Waals surface area contributed by atoms with Crippen molar-refractivity contribution in [3.8, 4) is 0 Å². The van der Waals surface area contributed by atoms with Crippen LogP contribution in [0, 0.1) is 13.8 Å². The van der Waals surface area contributed by atoms with Crippen LogP contribution in [-0.2, 0) is 0 Å². The Kier molecular flexibility index (Phi) is 5.57. The molecule has 0 saturated heterocycles. The summed E-state index contributed by atoms with van der Waals surface area (Å²) < 4.78 is 0. The molecule has 0 aliphatic heterocycles. The van der Waals surface area contributed by atoms with E-state index in [0.717, 1.165) is 11.3 Å². The van der Waals surface area contributed by atoms with Gasteiger partial charge in [-0.15, -0.1) is 0 Å². The van der Waals surface area contributed by atoms with Gasteiger partial charge >= 0.3 is 0 Å². The van der Waals surface area contributed by atoms with Gasteiger partial charge in [-0.3, -0.25) is 9.59 Å². The van der Waals surface area contributed by atoms with E-state index in [1.54, 1.807) is 6.92 Å². The molecule has 22 heavy (non-hydrogen) atoms. The Morgan fingerprint density at radius 2 is 1.73 bits per heavy atom. The molecule has 4 heteroatoms. The van der Waals surface area contributed by atoms with Crippen molar-refractivity contribution in [2.24, 2.45) is 0 Å². The molecule has 1 aliphatic rings. The molecule has 4 nitrogen and oxygen atoms in total. The monoisotopic (exact) mass is 305 g/mol. The van der Waals surface area contributed by atoms with Crippen molar-refractivity contribution in [1.82, 2.24) is 4.98 Å². The fourth-order valence-electron chi connectivity index (χ4n) is 3.75. The fourth-order valence-corrected chi connectivity index (χ4v) is 3.75. The highest BCUT2D eigenvalue weighted by Crippen LogP contribution is 2.20. The SMILES string of the molecule is CC(=O)c1c(C)[nH]c(C(=O)[C@@H](C)[NH2+]C2CCCCCC2)c1C. The first kappa shape index (κ1) is 16.9. The number of H-pyrrole nitrogens is 1. The zero-order valence-electron chi connectivity index (χ0n) is 14.3. The Morgan fingerprint density at radius 3 is 2.23 bits per heavy atom. The molecule has 0 spiro atoms. The number of aryl methyl sites for hydroxylation is 1. The van der Waals surface area contributed by atoms with Gasteiger partial charge in [0, 0.05) is 11.3 Å². The summed E-state index contributed by atoms with van der Waals surface area (Å²) in [5, 5.41) is 2.23. The molecular weight excluding hydrogens is 276 g/mol. The van der Waals surface area contributed by atoms with E-state index < -0.39 is 0 Å². The Bertz CT molecular complexity index is 552. The quantitative estimate of drug-likeness (QED) is 0.649. The third-order valence-corrected chi connectivity index (χ3v) is 4.91. The Balaban J connectivity index is 2.10. The first-order chi connectivity index (χ1) is 10.4. The van der Waals surface area contributed by atoms with Crippen LogP contribution in [0.5, 0.6) is 0 Å². The molecule has 2 rings (SSSR count). The second-order valence-electron chi connectivity index (χ2n) is 6.78. The van der Waals surface area contributed by atoms with Crippen molar-refractivity contribution in [2.75, 3.05) is 0 Å². The normalized spacial score (nSPS) is 18.0. The fraction of sp³-hybridized carbons (Fsp3) is 0.667. The molecule has 0 radical (unpaired) electrons. The topological polar surface area (TPSA) is 66.5 Å². The molecule has 1 aromatic rings. The molecule has 0 bridgehead atoms.